The number of rotatable bonds is 8. The first kappa shape index (κ1) is 45.1. The highest BCUT2D eigenvalue weighted by Gasteiger charge is 2.45. The Morgan fingerprint density at radius 1 is 0.288 bits per heavy atom. The summed E-state index contributed by atoms with van der Waals surface area (Å²) in [6, 6.07) is 101. The van der Waals surface area contributed by atoms with Crippen LogP contribution in [0.25, 0.3) is 66.1 Å². The first-order valence-electron chi connectivity index (χ1n) is 25.4. The van der Waals surface area contributed by atoms with Crippen molar-refractivity contribution in [2.45, 2.75) is 26.2 Å². The van der Waals surface area contributed by atoms with Gasteiger partial charge in [0.05, 0.1) is 16.8 Å². The molecule has 0 fully saturated rings. The molecule has 0 aromatic heterocycles. The highest BCUT2D eigenvalue weighted by atomic mass is 15.1. The van der Waals surface area contributed by atoms with Crippen LogP contribution in [0.1, 0.15) is 38.9 Å². The monoisotopic (exact) mass is 933 g/mol. The van der Waals surface area contributed by atoms with Gasteiger partial charge in [0.1, 0.15) is 0 Å². The maximum absolute atomic E-state index is 2.41. The normalized spacial score (nSPS) is 12.2. The van der Waals surface area contributed by atoms with Crippen LogP contribution < -0.4 is 4.90 Å². The lowest BCUT2D eigenvalue weighted by Crippen LogP contribution is -2.28. The third kappa shape index (κ3) is 8.10. The fourth-order valence-corrected chi connectivity index (χ4v) is 11.6. The topological polar surface area (TPSA) is 3.24 Å². The fraction of sp³-hybridized carbons (Fsp3) is 0.0556. The van der Waals surface area contributed by atoms with E-state index in [1.807, 2.05) is 0 Å². The zero-order valence-electron chi connectivity index (χ0n) is 41.5. The van der Waals surface area contributed by atoms with Gasteiger partial charge in [0, 0.05) is 16.5 Å². The van der Waals surface area contributed by atoms with Gasteiger partial charge in [-0.15, -0.1) is 0 Å². The molecule has 0 atom stereocenters. The first-order valence-corrected chi connectivity index (χ1v) is 25.4. The second-order valence-electron chi connectivity index (χ2n) is 19.3. The van der Waals surface area contributed by atoms with Gasteiger partial charge in [-0.25, -0.2) is 0 Å². The Hall–Kier alpha value is -9.04. The molecule has 0 amide bonds. The van der Waals surface area contributed by atoms with E-state index < -0.39 is 0 Å². The second-order valence-corrected chi connectivity index (χ2v) is 19.3. The SMILES string of the molecule is Cc1ccc2c(c1)-c1ccccc1C2(c1ccccc1)c1ccccc1.Cc1ccccc1-c1ccc(-c2ccccc2-c2ccc(N(c3cccc4ccccc34)c3cccc4ccccc34)cc2)cc1C. The van der Waals surface area contributed by atoms with Crippen LogP contribution in [0.5, 0.6) is 0 Å². The molecule has 1 aliphatic rings. The standard InChI is InChI=1S/C46H35N.C26H20/c1-32-13-3-6-18-39(32)40-30-27-37(31-33(40)2)42-20-10-9-19-41(42)36-25-28-38(29-26-36)47(45-23-11-16-34-14-4-7-21-43(34)45)46-24-12-17-35-15-5-8-22-44(35)46;1-19-16-17-25-23(18-19)22-14-8-9-15-24(22)26(25,20-10-4-2-5-11-20)21-12-6-3-7-13-21/h3-31H,1-2H3;2-18H,1H3. The van der Waals surface area contributed by atoms with E-state index in [0.717, 1.165) is 17.1 Å². The molecule has 73 heavy (non-hydrogen) atoms. The van der Waals surface area contributed by atoms with Gasteiger partial charge in [-0.1, -0.05) is 260 Å². The van der Waals surface area contributed by atoms with Crippen LogP contribution in [-0.4, -0.2) is 0 Å². The third-order valence-electron chi connectivity index (χ3n) is 15.0. The van der Waals surface area contributed by atoms with Crippen molar-refractivity contribution < 1.29 is 0 Å². The summed E-state index contributed by atoms with van der Waals surface area (Å²) >= 11 is 0. The van der Waals surface area contributed by atoms with Crippen LogP contribution in [0.4, 0.5) is 17.1 Å². The maximum Gasteiger partial charge on any atom is 0.0713 e. The summed E-state index contributed by atoms with van der Waals surface area (Å²) in [4.78, 5) is 2.41. The molecule has 0 saturated heterocycles. The predicted octanol–water partition coefficient (Wildman–Crippen LogP) is 19.4. The van der Waals surface area contributed by atoms with E-state index in [1.165, 1.54) is 105 Å². The first-order chi connectivity index (χ1) is 36.0. The van der Waals surface area contributed by atoms with E-state index in [-0.39, 0.29) is 5.41 Å². The minimum Gasteiger partial charge on any atom is -0.309 e. The van der Waals surface area contributed by atoms with Gasteiger partial charge in [0.25, 0.3) is 0 Å². The van der Waals surface area contributed by atoms with Crippen molar-refractivity contribution in [3.63, 3.8) is 0 Å². The van der Waals surface area contributed by atoms with Gasteiger partial charge < -0.3 is 4.90 Å². The van der Waals surface area contributed by atoms with Gasteiger partial charge in [0.2, 0.25) is 0 Å². The third-order valence-corrected chi connectivity index (χ3v) is 15.0. The zero-order chi connectivity index (χ0) is 49.3. The summed E-state index contributed by atoms with van der Waals surface area (Å²) in [6.45, 7) is 6.58. The lowest BCUT2D eigenvalue weighted by atomic mass is 9.68. The molecule has 1 aliphatic carbocycles. The van der Waals surface area contributed by atoms with E-state index in [9.17, 15) is 0 Å². The Balaban J connectivity index is 0.000000175. The van der Waals surface area contributed by atoms with Crippen LogP contribution in [0.2, 0.25) is 0 Å². The van der Waals surface area contributed by atoms with E-state index in [2.05, 4.69) is 305 Å². The zero-order valence-corrected chi connectivity index (χ0v) is 41.5. The average molecular weight is 934 g/mol. The summed E-state index contributed by atoms with van der Waals surface area (Å²) in [5.41, 5.74) is 22.6. The quantitative estimate of drug-likeness (QED) is 0.147. The minimum absolute atomic E-state index is 0.262. The Kier molecular flexibility index (Phi) is 11.9. The van der Waals surface area contributed by atoms with Crippen molar-refractivity contribution >= 4 is 38.6 Å². The summed E-state index contributed by atoms with van der Waals surface area (Å²) in [7, 11) is 0. The maximum atomic E-state index is 2.41. The van der Waals surface area contributed by atoms with E-state index in [0.29, 0.717) is 0 Å². The molecule has 13 rings (SSSR count). The minimum atomic E-state index is -0.262. The molecule has 0 heterocycles. The summed E-state index contributed by atoms with van der Waals surface area (Å²) in [5, 5.41) is 4.90. The van der Waals surface area contributed by atoms with E-state index in [1.54, 1.807) is 0 Å². The van der Waals surface area contributed by atoms with Crippen molar-refractivity contribution in [1.82, 2.24) is 0 Å². The Labute approximate surface area is 430 Å². The molecule has 1 heteroatoms. The van der Waals surface area contributed by atoms with Crippen molar-refractivity contribution in [2.24, 2.45) is 0 Å². The number of benzene rings is 12. The predicted molar refractivity (Wildman–Crippen MR) is 310 cm³/mol. The van der Waals surface area contributed by atoms with Crippen LogP contribution in [0, 0.1) is 20.8 Å². The van der Waals surface area contributed by atoms with Gasteiger partial charge in [0.15, 0.2) is 0 Å². The second kappa shape index (κ2) is 19.3. The Bertz CT molecular complexity index is 3810. The number of aryl methyl sites for hydroxylation is 3. The molecule has 1 nitrogen and oxygen atoms in total. The van der Waals surface area contributed by atoms with Crippen molar-refractivity contribution in [1.29, 1.82) is 0 Å². The number of nitrogens with zero attached hydrogens (tertiary/aromatic N) is 1. The molecular formula is C72H55N. The number of fused-ring (bicyclic) bond motifs is 5. The number of anilines is 3. The molecule has 0 saturated carbocycles. The van der Waals surface area contributed by atoms with Gasteiger partial charge in [-0.3, -0.25) is 0 Å². The van der Waals surface area contributed by atoms with Gasteiger partial charge >= 0.3 is 0 Å². The number of hydrogen-bond acceptors (Lipinski definition) is 1. The molecule has 0 spiro atoms. The van der Waals surface area contributed by atoms with E-state index in [4.69, 9.17) is 0 Å². The highest BCUT2D eigenvalue weighted by Crippen LogP contribution is 2.56. The van der Waals surface area contributed by atoms with Crippen LogP contribution in [0.3, 0.4) is 0 Å². The van der Waals surface area contributed by atoms with Crippen LogP contribution in [-0.2, 0) is 5.41 Å². The molecule has 0 unspecified atom stereocenters. The van der Waals surface area contributed by atoms with E-state index >= 15 is 0 Å². The molecule has 0 aliphatic heterocycles. The van der Waals surface area contributed by atoms with Crippen LogP contribution in [0.15, 0.2) is 279 Å². The molecule has 12 aromatic rings. The lowest BCUT2D eigenvalue weighted by molar-refractivity contribution is 0.768. The molecule has 0 radical (unpaired) electrons. The molecule has 348 valence electrons. The molecule has 12 aromatic carbocycles. The fourth-order valence-electron chi connectivity index (χ4n) is 11.6. The summed E-state index contributed by atoms with van der Waals surface area (Å²) in [6.07, 6.45) is 0. The molecule has 0 N–H and O–H groups in total. The van der Waals surface area contributed by atoms with Crippen molar-refractivity contribution in [2.75, 3.05) is 4.90 Å². The van der Waals surface area contributed by atoms with Gasteiger partial charge in [-0.05, 0) is 134 Å². The largest absolute Gasteiger partial charge is 0.309 e. The van der Waals surface area contributed by atoms with Crippen LogP contribution >= 0.6 is 0 Å². The Morgan fingerprint density at radius 2 is 0.753 bits per heavy atom. The lowest BCUT2D eigenvalue weighted by Gasteiger charge is -2.33. The summed E-state index contributed by atoms with van der Waals surface area (Å²) in [5.74, 6) is 0. The number of hydrogen-bond donors (Lipinski definition) is 0. The highest BCUT2D eigenvalue weighted by molar-refractivity contribution is 6.05. The van der Waals surface area contributed by atoms with Gasteiger partial charge in [-0.2, -0.15) is 0 Å². The summed E-state index contributed by atoms with van der Waals surface area (Å²) < 4.78 is 0. The molecule has 0 bridgehead atoms. The van der Waals surface area contributed by atoms with Crippen molar-refractivity contribution in [3.8, 4) is 44.5 Å². The smallest absolute Gasteiger partial charge is 0.0713 e. The Morgan fingerprint density at radius 3 is 1.36 bits per heavy atom. The average Bonchev–Trinajstić information content (AvgIpc) is 3.74. The molecular weight excluding hydrogens is 879 g/mol. The van der Waals surface area contributed by atoms with Crippen molar-refractivity contribution in [3.05, 3.63) is 318 Å².